The number of amides is 2. The summed E-state index contributed by atoms with van der Waals surface area (Å²) < 4.78 is 1.54. The Morgan fingerprint density at radius 1 is 1.03 bits per heavy atom. The number of carbonyl (C=O) groups excluding carboxylic acids is 2. The van der Waals surface area contributed by atoms with Crippen molar-refractivity contribution in [1.29, 1.82) is 0 Å². The zero-order valence-corrected chi connectivity index (χ0v) is 19.5. The van der Waals surface area contributed by atoms with Crippen LogP contribution in [-0.4, -0.2) is 63.7 Å². The molecule has 1 saturated heterocycles. The molecule has 3 heterocycles. The van der Waals surface area contributed by atoms with Gasteiger partial charge in [-0.3, -0.25) is 23.7 Å². The van der Waals surface area contributed by atoms with E-state index in [0.29, 0.717) is 37.7 Å². The predicted molar refractivity (Wildman–Crippen MR) is 132 cm³/mol. The van der Waals surface area contributed by atoms with E-state index in [1.165, 1.54) is 11.3 Å². The number of piperazine rings is 1. The van der Waals surface area contributed by atoms with Crippen molar-refractivity contribution >= 4 is 38.9 Å². The van der Waals surface area contributed by atoms with Crippen LogP contribution in [0.25, 0.3) is 15.7 Å². The summed E-state index contributed by atoms with van der Waals surface area (Å²) in [5.74, 6) is -0.244. The molecule has 1 fully saturated rings. The number of hydrogen-bond donors (Lipinski definition) is 1. The van der Waals surface area contributed by atoms with Crippen molar-refractivity contribution in [2.75, 3.05) is 32.7 Å². The van der Waals surface area contributed by atoms with Crippen LogP contribution in [0.3, 0.4) is 0 Å². The first-order valence-electron chi connectivity index (χ1n) is 11.3. The fourth-order valence-corrected chi connectivity index (χ4v) is 5.06. The third-order valence-electron chi connectivity index (χ3n) is 6.13. The predicted octanol–water partition coefficient (Wildman–Crippen LogP) is 1.91. The molecular formula is C25H25N5O3S. The lowest BCUT2D eigenvalue weighted by Crippen LogP contribution is -2.51. The van der Waals surface area contributed by atoms with Gasteiger partial charge in [0.05, 0.1) is 18.7 Å². The first kappa shape index (κ1) is 22.2. The average Bonchev–Trinajstić information content (AvgIpc) is 3.33. The highest BCUT2D eigenvalue weighted by Crippen LogP contribution is 2.18. The Morgan fingerprint density at radius 2 is 1.82 bits per heavy atom. The number of aromatic nitrogens is 2. The summed E-state index contributed by atoms with van der Waals surface area (Å²) >= 11 is 1.44. The lowest BCUT2D eigenvalue weighted by atomic mass is 10.0. The summed E-state index contributed by atoms with van der Waals surface area (Å²) in [6.07, 6.45) is 1.97. The molecule has 4 aromatic rings. The Labute approximate surface area is 200 Å². The maximum atomic E-state index is 12.6. The van der Waals surface area contributed by atoms with Gasteiger partial charge in [-0.25, -0.2) is 4.98 Å². The van der Waals surface area contributed by atoms with Crippen molar-refractivity contribution in [2.24, 2.45) is 0 Å². The second-order valence-electron chi connectivity index (χ2n) is 8.39. The van der Waals surface area contributed by atoms with E-state index in [1.54, 1.807) is 21.6 Å². The molecular weight excluding hydrogens is 450 g/mol. The largest absolute Gasteiger partial charge is 0.347 e. The first-order chi connectivity index (χ1) is 16.6. The summed E-state index contributed by atoms with van der Waals surface area (Å²) in [4.78, 5) is 46.5. The van der Waals surface area contributed by atoms with Crippen LogP contribution in [0.5, 0.6) is 0 Å². The van der Waals surface area contributed by atoms with E-state index in [2.05, 4.69) is 15.2 Å². The fraction of sp³-hybridized carbons (Fsp3) is 0.280. The van der Waals surface area contributed by atoms with E-state index in [4.69, 9.17) is 0 Å². The van der Waals surface area contributed by atoms with Crippen molar-refractivity contribution in [3.8, 4) is 0 Å². The van der Waals surface area contributed by atoms with Crippen molar-refractivity contribution in [1.82, 2.24) is 24.5 Å². The molecule has 9 heteroatoms. The molecule has 2 amide bonds. The average molecular weight is 476 g/mol. The smallest absolute Gasteiger partial charge is 0.258 e. The first-order valence-corrected chi connectivity index (χ1v) is 12.1. The van der Waals surface area contributed by atoms with Gasteiger partial charge in [0, 0.05) is 50.4 Å². The Kier molecular flexibility index (Phi) is 6.37. The van der Waals surface area contributed by atoms with E-state index in [-0.39, 0.29) is 30.3 Å². The number of fused-ring (bicyclic) bond motifs is 2. The zero-order chi connectivity index (χ0) is 23.5. The highest BCUT2D eigenvalue weighted by molar-refractivity contribution is 7.15. The van der Waals surface area contributed by atoms with Gasteiger partial charge in [0.25, 0.3) is 5.56 Å². The van der Waals surface area contributed by atoms with E-state index < -0.39 is 0 Å². The summed E-state index contributed by atoms with van der Waals surface area (Å²) in [6, 6.07) is 15.5. The van der Waals surface area contributed by atoms with Gasteiger partial charge in [0.2, 0.25) is 11.8 Å². The Bertz CT molecular complexity index is 1400. The summed E-state index contributed by atoms with van der Waals surface area (Å²) in [6.45, 7) is 3.13. The van der Waals surface area contributed by atoms with E-state index in [1.807, 2.05) is 47.8 Å². The van der Waals surface area contributed by atoms with E-state index in [9.17, 15) is 14.4 Å². The summed E-state index contributed by atoms with van der Waals surface area (Å²) in [5.41, 5.74) is 1.62. The lowest BCUT2D eigenvalue weighted by Gasteiger charge is -2.34. The molecule has 0 bridgehead atoms. The molecule has 1 aliphatic rings. The Balaban J connectivity index is 1.10. The number of hydrogen-bond acceptors (Lipinski definition) is 6. The highest BCUT2D eigenvalue weighted by Gasteiger charge is 2.22. The number of carbonyl (C=O) groups is 2. The van der Waals surface area contributed by atoms with Crippen LogP contribution in [-0.2, 0) is 22.6 Å². The molecule has 0 aliphatic carbocycles. The standard InChI is InChI=1S/C25H25N5O3S/c31-22(14-19-6-3-5-18-4-1-2-7-21(18)19)26-16-24(33)29-10-8-28(9-11-29)17-20-15-23(32)30-12-13-34-25(30)27-20/h1-7,12-13,15H,8-11,14,16-17H2,(H,26,31). The molecule has 0 unspecified atom stereocenters. The normalized spacial score (nSPS) is 14.5. The van der Waals surface area contributed by atoms with Gasteiger partial charge in [-0.2, -0.15) is 0 Å². The Hall–Kier alpha value is -3.56. The van der Waals surface area contributed by atoms with Crippen LogP contribution >= 0.6 is 11.3 Å². The lowest BCUT2D eigenvalue weighted by molar-refractivity contribution is -0.134. The molecule has 0 radical (unpaired) electrons. The Morgan fingerprint density at radius 3 is 2.68 bits per heavy atom. The van der Waals surface area contributed by atoms with Crippen LogP contribution in [0.2, 0.25) is 0 Å². The maximum Gasteiger partial charge on any atom is 0.258 e. The SMILES string of the molecule is O=C(Cc1cccc2ccccc12)NCC(=O)N1CCN(Cc2cc(=O)n3ccsc3n2)CC1. The van der Waals surface area contributed by atoms with Gasteiger partial charge < -0.3 is 10.2 Å². The molecule has 0 spiro atoms. The molecule has 2 aromatic heterocycles. The van der Waals surface area contributed by atoms with Crippen LogP contribution in [0.1, 0.15) is 11.3 Å². The van der Waals surface area contributed by atoms with Gasteiger partial charge in [0.15, 0.2) is 4.96 Å². The van der Waals surface area contributed by atoms with E-state index >= 15 is 0 Å². The molecule has 174 valence electrons. The number of nitrogens with zero attached hydrogens (tertiary/aromatic N) is 4. The molecule has 2 aromatic carbocycles. The zero-order valence-electron chi connectivity index (χ0n) is 18.6. The second kappa shape index (κ2) is 9.74. The maximum absolute atomic E-state index is 12.6. The molecule has 0 saturated carbocycles. The number of rotatable bonds is 6. The van der Waals surface area contributed by atoms with Gasteiger partial charge in [-0.1, -0.05) is 42.5 Å². The van der Waals surface area contributed by atoms with Gasteiger partial charge in [-0.05, 0) is 16.3 Å². The van der Waals surface area contributed by atoms with Crippen LogP contribution < -0.4 is 10.9 Å². The molecule has 0 atom stereocenters. The van der Waals surface area contributed by atoms with Crippen molar-refractivity contribution in [2.45, 2.75) is 13.0 Å². The molecule has 5 rings (SSSR count). The fourth-order valence-electron chi connectivity index (χ4n) is 4.32. The van der Waals surface area contributed by atoms with Crippen molar-refractivity contribution < 1.29 is 9.59 Å². The van der Waals surface area contributed by atoms with E-state index in [0.717, 1.165) is 22.0 Å². The van der Waals surface area contributed by atoms with Crippen LogP contribution in [0.4, 0.5) is 0 Å². The monoisotopic (exact) mass is 475 g/mol. The minimum Gasteiger partial charge on any atom is -0.347 e. The van der Waals surface area contributed by atoms with Gasteiger partial charge >= 0.3 is 0 Å². The molecule has 1 N–H and O–H groups in total. The minimum absolute atomic E-state index is 0.00301. The second-order valence-corrected chi connectivity index (χ2v) is 9.26. The van der Waals surface area contributed by atoms with Crippen LogP contribution in [0.15, 0.2) is 64.9 Å². The minimum atomic E-state index is -0.162. The highest BCUT2D eigenvalue weighted by atomic mass is 32.1. The van der Waals surface area contributed by atoms with Crippen LogP contribution in [0, 0.1) is 0 Å². The molecule has 1 aliphatic heterocycles. The quantitative estimate of drug-likeness (QED) is 0.460. The molecule has 8 nitrogen and oxygen atoms in total. The van der Waals surface area contributed by atoms with Gasteiger partial charge in [-0.15, -0.1) is 11.3 Å². The van der Waals surface area contributed by atoms with Gasteiger partial charge in [0.1, 0.15) is 0 Å². The van der Waals surface area contributed by atoms with Crippen molar-refractivity contribution in [3.05, 3.63) is 81.7 Å². The number of thiazole rings is 1. The third kappa shape index (κ3) is 4.85. The topological polar surface area (TPSA) is 87.0 Å². The third-order valence-corrected chi connectivity index (χ3v) is 6.89. The summed E-state index contributed by atoms with van der Waals surface area (Å²) in [5, 5.41) is 6.77. The molecule has 34 heavy (non-hydrogen) atoms. The number of benzene rings is 2. The number of nitrogens with one attached hydrogen (secondary N) is 1. The summed E-state index contributed by atoms with van der Waals surface area (Å²) in [7, 11) is 0. The van der Waals surface area contributed by atoms with Crippen molar-refractivity contribution in [3.63, 3.8) is 0 Å².